The van der Waals surface area contributed by atoms with Crippen molar-refractivity contribution in [2.24, 2.45) is 7.05 Å². The van der Waals surface area contributed by atoms with E-state index in [-0.39, 0.29) is 0 Å². The number of nitrogens with one attached hydrogen (secondary N) is 1. The summed E-state index contributed by atoms with van der Waals surface area (Å²) in [6.45, 7) is 5.65. The first-order valence-electron chi connectivity index (χ1n) is 3.50. The highest BCUT2D eigenvalue weighted by atomic mass is 35.5. The summed E-state index contributed by atoms with van der Waals surface area (Å²) in [5.41, 5.74) is 1.08. The van der Waals surface area contributed by atoms with E-state index in [0.29, 0.717) is 5.15 Å². The van der Waals surface area contributed by atoms with Crippen LogP contribution in [0.25, 0.3) is 0 Å². The average molecular weight is 172 g/mol. The van der Waals surface area contributed by atoms with E-state index >= 15 is 0 Å². The number of hydrogen-bond donors (Lipinski definition) is 1. The van der Waals surface area contributed by atoms with Crippen LogP contribution in [0.5, 0.6) is 0 Å². The van der Waals surface area contributed by atoms with Gasteiger partial charge in [-0.1, -0.05) is 6.08 Å². The quantitative estimate of drug-likeness (QED) is 0.515. The molecule has 0 aromatic carbocycles. The summed E-state index contributed by atoms with van der Waals surface area (Å²) in [5, 5.41) is 0.713. The van der Waals surface area contributed by atoms with Gasteiger partial charge in [0.1, 0.15) is 0 Å². The molecule has 0 atom stereocenters. The first-order valence-corrected chi connectivity index (χ1v) is 3.88. The number of allylic oxidation sites excluding steroid dienone is 1. The molecule has 0 bridgehead atoms. The van der Waals surface area contributed by atoms with Crippen LogP contribution in [0.3, 0.4) is 0 Å². The number of rotatable bonds is 2. The zero-order valence-corrected chi connectivity index (χ0v) is 7.57. The molecule has 1 N–H and O–H groups in total. The van der Waals surface area contributed by atoms with Gasteiger partial charge in [-0.15, -0.1) is 6.58 Å². The van der Waals surface area contributed by atoms with Gasteiger partial charge in [0.05, 0.1) is 7.05 Å². The fourth-order valence-corrected chi connectivity index (χ4v) is 1.37. The van der Waals surface area contributed by atoms with Crippen LogP contribution in [0, 0.1) is 6.92 Å². The van der Waals surface area contributed by atoms with Gasteiger partial charge >= 0.3 is 0 Å². The van der Waals surface area contributed by atoms with Gasteiger partial charge in [0, 0.05) is 13.3 Å². The van der Waals surface area contributed by atoms with Crippen LogP contribution < -0.4 is 4.57 Å². The second-order valence-electron chi connectivity index (χ2n) is 2.52. The van der Waals surface area contributed by atoms with Gasteiger partial charge < -0.3 is 0 Å². The zero-order valence-electron chi connectivity index (χ0n) is 6.82. The number of H-pyrrole nitrogens is 1. The van der Waals surface area contributed by atoms with Gasteiger partial charge in [-0.2, -0.15) is 0 Å². The molecule has 0 fully saturated rings. The van der Waals surface area contributed by atoms with Crippen LogP contribution in [0.2, 0.25) is 5.15 Å². The minimum atomic E-state index is 0.713. The lowest BCUT2D eigenvalue weighted by Crippen LogP contribution is -2.33. The SMILES string of the molecule is C=CCc1c(Cl)[nH]c(C)[n+]1C. The standard InChI is InChI=1S/C8H11ClN2/c1-4-5-7-8(9)10-6(2)11(7)3/h4H,1,5H2,2-3H3/p+1. The molecule has 0 aliphatic carbocycles. The molecular weight excluding hydrogens is 160 g/mol. The van der Waals surface area contributed by atoms with E-state index in [1.54, 1.807) is 0 Å². The van der Waals surface area contributed by atoms with Crippen molar-refractivity contribution in [3.8, 4) is 0 Å². The van der Waals surface area contributed by atoms with Crippen molar-refractivity contribution in [2.75, 3.05) is 0 Å². The normalized spacial score (nSPS) is 10.1. The molecular formula is C8H12ClN2+. The Kier molecular flexibility index (Phi) is 2.35. The van der Waals surface area contributed by atoms with Crippen LogP contribution >= 0.6 is 11.6 Å². The fraction of sp³-hybridized carbons (Fsp3) is 0.375. The number of halogens is 1. The van der Waals surface area contributed by atoms with Crippen molar-refractivity contribution < 1.29 is 4.57 Å². The Balaban J connectivity index is 3.11. The van der Waals surface area contributed by atoms with Crippen molar-refractivity contribution in [1.29, 1.82) is 0 Å². The van der Waals surface area contributed by atoms with Crippen LogP contribution in [0.15, 0.2) is 12.7 Å². The topological polar surface area (TPSA) is 19.7 Å². The minimum absolute atomic E-state index is 0.713. The molecule has 0 aliphatic heterocycles. The smallest absolute Gasteiger partial charge is 0.233 e. The summed E-state index contributed by atoms with van der Waals surface area (Å²) >= 11 is 5.90. The third-order valence-corrected chi connectivity index (χ3v) is 2.10. The molecule has 2 nitrogen and oxygen atoms in total. The highest BCUT2D eigenvalue weighted by molar-refractivity contribution is 6.29. The maximum absolute atomic E-state index is 5.90. The summed E-state index contributed by atoms with van der Waals surface area (Å²) in [7, 11) is 1.98. The predicted octanol–water partition coefficient (Wildman–Crippen LogP) is 1.53. The lowest BCUT2D eigenvalue weighted by molar-refractivity contribution is -0.683. The van der Waals surface area contributed by atoms with Crippen molar-refractivity contribution in [2.45, 2.75) is 13.3 Å². The van der Waals surface area contributed by atoms with E-state index < -0.39 is 0 Å². The molecule has 0 saturated heterocycles. The molecule has 1 aromatic rings. The number of aromatic amines is 1. The molecule has 3 heteroatoms. The molecule has 1 heterocycles. The second-order valence-corrected chi connectivity index (χ2v) is 2.90. The van der Waals surface area contributed by atoms with Crippen molar-refractivity contribution >= 4 is 11.6 Å². The van der Waals surface area contributed by atoms with E-state index in [1.165, 1.54) is 0 Å². The van der Waals surface area contributed by atoms with E-state index in [2.05, 4.69) is 11.6 Å². The summed E-state index contributed by atoms with van der Waals surface area (Å²) in [6.07, 6.45) is 2.65. The molecule has 0 amide bonds. The van der Waals surface area contributed by atoms with Gasteiger partial charge in [0.15, 0.2) is 5.69 Å². The fourth-order valence-electron chi connectivity index (χ4n) is 1.03. The monoisotopic (exact) mass is 171 g/mol. The third kappa shape index (κ3) is 1.46. The average Bonchev–Trinajstić information content (AvgIpc) is 2.17. The maximum atomic E-state index is 5.90. The molecule has 0 unspecified atom stereocenters. The van der Waals surface area contributed by atoms with Crippen LogP contribution in [-0.2, 0) is 13.5 Å². The van der Waals surface area contributed by atoms with E-state index in [4.69, 9.17) is 11.6 Å². The number of nitrogens with zero attached hydrogens (tertiary/aromatic N) is 1. The Morgan fingerprint density at radius 1 is 1.73 bits per heavy atom. The van der Waals surface area contributed by atoms with E-state index in [0.717, 1.165) is 17.9 Å². The van der Waals surface area contributed by atoms with E-state index in [1.807, 2.05) is 24.6 Å². The summed E-state index contributed by atoms with van der Waals surface area (Å²) in [5.74, 6) is 1.06. The van der Waals surface area contributed by atoms with Crippen LogP contribution in [0.1, 0.15) is 11.5 Å². The van der Waals surface area contributed by atoms with Gasteiger partial charge in [0.2, 0.25) is 5.15 Å². The van der Waals surface area contributed by atoms with E-state index in [9.17, 15) is 0 Å². The summed E-state index contributed by atoms with van der Waals surface area (Å²) in [6, 6.07) is 0. The number of imidazole rings is 1. The number of aryl methyl sites for hydroxylation is 1. The van der Waals surface area contributed by atoms with Crippen molar-refractivity contribution in [1.82, 2.24) is 4.98 Å². The highest BCUT2D eigenvalue weighted by Gasteiger charge is 2.15. The Bertz CT molecular complexity index is 276. The maximum Gasteiger partial charge on any atom is 0.252 e. The molecule has 0 radical (unpaired) electrons. The minimum Gasteiger partial charge on any atom is -0.233 e. The molecule has 1 aromatic heterocycles. The summed E-state index contributed by atoms with van der Waals surface area (Å²) < 4.78 is 2.03. The first-order chi connectivity index (χ1) is 5.16. The predicted molar refractivity (Wildman–Crippen MR) is 45.6 cm³/mol. The van der Waals surface area contributed by atoms with Gasteiger partial charge in [-0.25, -0.2) is 9.55 Å². The Morgan fingerprint density at radius 2 is 2.36 bits per heavy atom. The van der Waals surface area contributed by atoms with Crippen LogP contribution in [-0.4, -0.2) is 4.98 Å². The van der Waals surface area contributed by atoms with Crippen molar-refractivity contribution in [3.63, 3.8) is 0 Å². The number of hydrogen-bond acceptors (Lipinski definition) is 0. The molecule has 0 aliphatic rings. The lowest BCUT2D eigenvalue weighted by Gasteiger charge is -1.90. The van der Waals surface area contributed by atoms with Crippen LogP contribution in [0.4, 0.5) is 0 Å². The van der Waals surface area contributed by atoms with Gasteiger partial charge in [-0.3, -0.25) is 0 Å². The molecule has 11 heavy (non-hydrogen) atoms. The number of aromatic nitrogens is 2. The molecule has 1 rings (SSSR count). The van der Waals surface area contributed by atoms with Gasteiger partial charge in [0.25, 0.3) is 5.82 Å². The molecule has 0 saturated carbocycles. The van der Waals surface area contributed by atoms with Gasteiger partial charge in [-0.05, 0) is 11.6 Å². The molecule has 0 spiro atoms. The summed E-state index contributed by atoms with van der Waals surface area (Å²) in [4.78, 5) is 3.04. The largest absolute Gasteiger partial charge is 0.252 e. The Morgan fingerprint density at radius 3 is 2.73 bits per heavy atom. The Labute approximate surface area is 71.5 Å². The zero-order chi connectivity index (χ0) is 8.43. The first kappa shape index (κ1) is 8.34. The van der Waals surface area contributed by atoms with Crippen molar-refractivity contribution in [3.05, 3.63) is 29.3 Å². The second kappa shape index (κ2) is 3.09. The lowest BCUT2D eigenvalue weighted by atomic mass is 10.3. The highest BCUT2D eigenvalue weighted by Crippen LogP contribution is 2.10. The third-order valence-electron chi connectivity index (χ3n) is 1.79. The Hall–Kier alpha value is -0.760. The molecule has 60 valence electrons.